The number of aromatic nitrogens is 5. The number of fused-ring (bicyclic) bond motifs is 1. The zero-order valence-electron chi connectivity index (χ0n) is 23.3. The van der Waals surface area contributed by atoms with Crippen LogP contribution in [0.2, 0.25) is 0 Å². The molecule has 0 saturated carbocycles. The standard InChI is InChI=1S/C30H33N9O2/c1-18-14-33-30(35-26-12-19(2)38(3)37-26)36-28(18)24-15-32-29-23(24)8-5-9-25(29)34-27(40)17-39-11-10-22(16-39)41-21-7-4-6-20(31)13-21/h4-9,12-15,22,32H,10-11,16-17,31H2,1-3H3,(H,34,40)(H,33,35,36,37)/t22-/m0/s1. The molecule has 6 rings (SSSR count). The van der Waals surface area contributed by atoms with Crippen LogP contribution in [0.25, 0.3) is 22.2 Å². The molecule has 41 heavy (non-hydrogen) atoms. The van der Waals surface area contributed by atoms with Crippen molar-refractivity contribution in [3.63, 3.8) is 0 Å². The first-order valence-electron chi connectivity index (χ1n) is 13.6. The maximum Gasteiger partial charge on any atom is 0.238 e. The molecule has 0 unspecified atom stereocenters. The number of anilines is 4. The summed E-state index contributed by atoms with van der Waals surface area (Å²) in [7, 11) is 1.89. The van der Waals surface area contributed by atoms with E-state index in [9.17, 15) is 4.79 Å². The third-order valence-corrected chi connectivity index (χ3v) is 7.33. The van der Waals surface area contributed by atoms with Gasteiger partial charge in [0.2, 0.25) is 11.9 Å². The van der Waals surface area contributed by atoms with Crippen molar-refractivity contribution < 1.29 is 9.53 Å². The number of hydrogen-bond acceptors (Lipinski definition) is 8. The molecule has 11 nitrogen and oxygen atoms in total. The second-order valence-electron chi connectivity index (χ2n) is 10.5. The molecule has 4 heterocycles. The van der Waals surface area contributed by atoms with Crippen molar-refractivity contribution in [3.8, 4) is 17.0 Å². The zero-order chi connectivity index (χ0) is 28.5. The Morgan fingerprint density at radius 1 is 1.20 bits per heavy atom. The first-order chi connectivity index (χ1) is 19.8. The topological polar surface area (TPSA) is 139 Å². The largest absolute Gasteiger partial charge is 0.489 e. The lowest BCUT2D eigenvalue weighted by Crippen LogP contribution is -2.33. The average molecular weight is 552 g/mol. The maximum absolute atomic E-state index is 13.0. The highest BCUT2D eigenvalue weighted by Crippen LogP contribution is 2.33. The fraction of sp³-hybridized carbons (Fsp3) is 0.267. The van der Waals surface area contributed by atoms with E-state index in [0.717, 1.165) is 57.8 Å². The van der Waals surface area contributed by atoms with Crippen molar-refractivity contribution >= 4 is 40.0 Å². The molecule has 0 bridgehead atoms. The number of amides is 1. The van der Waals surface area contributed by atoms with Gasteiger partial charge in [-0.05, 0) is 44.0 Å². The number of nitrogens with zero attached hydrogens (tertiary/aromatic N) is 5. The van der Waals surface area contributed by atoms with Crippen LogP contribution < -0.4 is 21.1 Å². The molecule has 1 aliphatic rings. The average Bonchev–Trinajstić information content (AvgIpc) is 3.64. The van der Waals surface area contributed by atoms with Gasteiger partial charge in [0.05, 0.1) is 23.4 Å². The highest BCUT2D eigenvalue weighted by atomic mass is 16.5. The molecule has 1 saturated heterocycles. The molecule has 0 aliphatic carbocycles. The van der Waals surface area contributed by atoms with Gasteiger partial charge in [0, 0.05) is 67.0 Å². The van der Waals surface area contributed by atoms with Gasteiger partial charge in [-0.2, -0.15) is 5.10 Å². The second kappa shape index (κ2) is 10.9. The normalized spacial score (nSPS) is 15.3. The molecule has 210 valence electrons. The predicted molar refractivity (Wildman–Crippen MR) is 160 cm³/mol. The summed E-state index contributed by atoms with van der Waals surface area (Å²) in [6, 6.07) is 15.2. The van der Waals surface area contributed by atoms with Crippen LogP contribution in [0.3, 0.4) is 0 Å². The third kappa shape index (κ3) is 5.71. The lowest BCUT2D eigenvalue weighted by atomic mass is 10.1. The van der Waals surface area contributed by atoms with Crippen LogP contribution in [0.15, 0.2) is 60.9 Å². The number of nitrogens with two attached hydrogens (primary N) is 1. The Morgan fingerprint density at radius 3 is 2.85 bits per heavy atom. The third-order valence-electron chi connectivity index (χ3n) is 7.33. The van der Waals surface area contributed by atoms with Crippen molar-refractivity contribution in [1.82, 2.24) is 29.6 Å². The van der Waals surface area contributed by atoms with E-state index in [4.69, 9.17) is 15.5 Å². The lowest BCUT2D eigenvalue weighted by molar-refractivity contribution is -0.117. The van der Waals surface area contributed by atoms with Crippen LogP contribution in [-0.4, -0.2) is 61.3 Å². The molecule has 0 spiro atoms. The summed E-state index contributed by atoms with van der Waals surface area (Å²) >= 11 is 0. The number of aromatic amines is 1. The van der Waals surface area contributed by atoms with E-state index in [1.165, 1.54) is 0 Å². The summed E-state index contributed by atoms with van der Waals surface area (Å²) in [5.74, 6) is 1.83. The summed E-state index contributed by atoms with van der Waals surface area (Å²) in [5.41, 5.74) is 11.8. The number of nitrogen functional groups attached to an aromatic ring is 1. The fourth-order valence-corrected chi connectivity index (χ4v) is 5.18. The smallest absolute Gasteiger partial charge is 0.238 e. The molecule has 1 fully saturated rings. The number of rotatable bonds is 8. The molecule has 1 aliphatic heterocycles. The van der Waals surface area contributed by atoms with E-state index in [-0.39, 0.29) is 18.6 Å². The van der Waals surface area contributed by atoms with Gasteiger partial charge in [-0.3, -0.25) is 14.4 Å². The Labute approximate surface area is 237 Å². The van der Waals surface area contributed by atoms with Crippen molar-refractivity contribution in [2.24, 2.45) is 7.05 Å². The van der Waals surface area contributed by atoms with Crippen molar-refractivity contribution in [2.45, 2.75) is 26.4 Å². The minimum Gasteiger partial charge on any atom is -0.489 e. The molecule has 1 amide bonds. The van der Waals surface area contributed by atoms with E-state index in [1.807, 2.05) is 75.6 Å². The number of carbonyl (C=O) groups is 1. The first kappa shape index (κ1) is 26.3. The number of nitrogens with one attached hydrogen (secondary N) is 3. The minimum atomic E-state index is -0.0754. The van der Waals surface area contributed by atoms with Crippen LogP contribution in [-0.2, 0) is 11.8 Å². The van der Waals surface area contributed by atoms with Crippen molar-refractivity contribution in [1.29, 1.82) is 0 Å². The van der Waals surface area contributed by atoms with E-state index in [1.54, 1.807) is 10.9 Å². The van der Waals surface area contributed by atoms with Gasteiger partial charge in [-0.1, -0.05) is 18.2 Å². The van der Waals surface area contributed by atoms with Gasteiger partial charge >= 0.3 is 0 Å². The lowest BCUT2D eigenvalue weighted by Gasteiger charge is -2.17. The van der Waals surface area contributed by atoms with Crippen molar-refractivity contribution in [2.75, 3.05) is 36.0 Å². The number of H-pyrrole nitrogens is 1. The van der Waals surface area contributed by atoms with Gasteiger partial charge in [0.1, 0.15) is 11.9 Å². The first-order valence-corrected chi connectivity index (χ1v) is 13.6. The Balaban J connectivity index is 1.14. The number of hydrogen-bond donors (Lipinski definition) is 4. The van der Waals surface area contributed by atoms with E-state index in [0.29, 0.717) is 24.0 Å². The second-order valence-corrected chi connectivity index (χ2v) is 10.5. The van der Waals surface area contributed by atoms with Gasteiger partial charge in [-0.25, -0.2) is 9.97 Å². The Kier molecular flexibility index (Phi) is 7.02. The van der Waals surface area contributed by atoms with E-state index < -0.39 is 0 Å². The molecule has 1 atom stereocenters. The quantitative estimate of drug-likeness (QED) is 0.208. The number of carbonyl (C=O) groups excluding carboxylic acids is 1. The maximum atomic E-state index is 13.0. The van der Waals surface area contributed by atoms with Gasteiger partial charge < -0.3 is 26.1 Å². The Hall–Kier alpha value is -4.90. The number of benzene rings is 2. The van der Waals surface area contributed by atoms with Crippen LogP contribution in [0.5, 0.6) is 5.75 Å². The Morgan fingerprint density at radius 2 is 2.05 bits per heavy atom. The van der Waals surface area contributed by atoms with Crippen LogP contribution >= 0.6 is 0 Å². The van der Waals surface area contributed by atoms with Gasteiger partial charge in [0.25, 0.3) is 0 Å². The predicted octanol–water partition coefficient (Wildman–Crippen LogP) is 4.39. The molecule has 3 aromatic heterocycles. The monoisotopic (exact) mass is 551 g/mol. The molecule has 5 aromatic rings. The molecule has 0 radical (unpaired) electrons. The van der Waals surface area contributed by atoms with Crippen LogP contribution in [0, 0.1) is 13.8 Å². The number of para-hydroxylation sites is 1. The molecular weight excluding hydrogens is 518 g/mol. The highest BCUT2D eigenvalue weighted by Gasteiger charge is 2.26. The summed E-state index contributed by atoms with van der Waals surface area (Å²) in [6.45, 7) is 5.72. The number of aryl methyl sites for hydroxylation is 3. The molecule has 5 N–H and O–H groups in total. The van der Waals surface area contributed by atoms with Gasteiger partial charge in [0.15, 0.2) is 5.82 Å². The Bertz CT molecular complexity index is 1710. The number of ether oxygens (including phenoxy) is 1. The summed E-state index contributed by atoms with van der Waals surface area (Å²) in [5, 5.41) is 11.7. The van der Waals surface area contributed by atoms with E-state index >= 15 is 0 Å². The summed E-state index contributed by atoms with van der Waals surface area (Å²) in [6.07, 6.45) is 4.59. The summed E-state index contributed by atoms with van der Waals surface area (Å²) in [4.78, 5) is 27.7. The molecule has 2 aromatic carbocycles. The number of likely N-dealkylation sites (tertiary alicyclic amines) is 1. The van der Waals surface area contributed by atoms with Crippen LogP contribution in [0.1, 0.15) is 17.7 Å². The highest BCUT2D eigenvalue weighted by molar-refractivity contribution is 6.06. The van der Waals surface area contributed by atoms with Crippen LogP contribution in [0.4, 0.5) is 23.1 Å². The van der Waals surface area contributed by atoms with Crippen molar-refractivity contribution in [3.05, 3.63) is 72.2 Å². The molecule has 11 heteroatoms. The van der Waals surface area contributed by atoms with E-state index in [2.05, 4.69) is 30.6 Å². The zero-order valence-corrected chi connectivity index (χ0v) is 23.3. The molecular formula is C30H33N9O2. The fourth-order valence-electron chi connectivity index (χ4n) is 5.18. The minimum absolute atomic E-state index is 0.0242. The van der Waals surface area contributed by atoms with Gasteiger partial charge in [-0.15, -0.1) is 0 Å². The SMILES string of the molecule is Cc1cnc(Nc2cc(C)n(C)n2)nc1-c1c[nH]c2c(NC(=O)CN3CC[C@H](Oc4cccc(N)c4)C3)cccc12. The summed E-state index contributed by atoms with van der Waals surface area (Å²) < 4.78 is 7.86.